The molecule has 0 amide bonds. The first-order valence-electron chi connectivity index (χ1n) is 10.3. The van der Waals surface area contributed by atoms with E-state index in [1.54, 1.807) is 60.9 Å². The number of esters is 1. The average Bonchev–Trinajstić information content (AvgIpc) is 3.27. The van der Waals surface area contributed by atoms with Gasteiger partial charge in [0, 0.05) is 22.6 Å². The molecule has 0 radical (unpaired) electrons. The first-order chi connectivity index (χ1) is 16.2. The Balaban J connectivity index is 1.45. The summed E-state index contributed by atoms with van der Waals surface area (Å²) in [5, 5.41) is 0. The number of aryl methyl sites for hydroxylation is 1. The van der Waals surface area contributed by atoms with Crippen LogP contribution in [0.5, 0.6) is 5.75 Å². The summed E-state index contributed by atoms with van der Waals surface area (Å²) in [5.41, 5.74) is 3.12. The van der Waals surface area contributed by atoms with Crippen molar-refractivity contribution in [2.24, 2.45) is 0 Å². The molecule has 0 aliphatic carbocycles. The summed E-state index contributed by atoms with van der Waals surface area (Å²) in [6, 6.07) is 14.3. The number of oxazole rings is 1. The molecule has 4 rings (SSSR count). The van der Waals surface area contributed by atoms with Gasteiger partial charge in [-0.2, -0.15) is 8.78 Å². The van der Waals surface area contributed by atoms with Crippen LogP contribution in [-0.4, -0.2) is 34.1 Å². The van der Waals surface area contributed by atoms with Crippen LogP contribution in [0.2, 0.25) is 0 Å². The number of carbonyl (C=O) groups excluding carboxylic acids is 2. The summed E-state index contributed by atoms with van der Waals surface area (Å²) in [5.74, 6) is -1.85. The molecule has 0 spiro atoms. The normalized spacial score (nSPS) is 11.2. The fourth-order valence-corrected chi connectivity index (χ4v) is 3.78. The van der Waals surface area contributed by atoms with Crippen LogP contribution in [0.4, 0.5) is 8.78 Å². The van der Waals surface area contributed by atoms with Gasteiger partial charge in [-0.1, -0.05) is 12.1 Å². The Kier molecular flexibility index (Phi) is 6.31. The highest BCUT2D eigenvalue weighted by Gasteiger charge is 2.19. The first-order valence-corrected chi connectivity index (χ1v) is 10.3. The second-order valence-corrected chi connectivity index (χ2v) is 7.50. The maximum Gasteiger partial charge on any atom is 0.420 e. The van der Waals surface area contributed by atoms with Crippen LogP contribution in [0.3, 0.4) is 0 Å². The molecule has 0 fully saturated rings. The minimum Gasteiger partial charge on any atom is -0.456 e. The quantitative estimate of drug-likeness (QED) is 0.285. The highest BCUT2D eigenvalue weighted by molar-refractivity contribution is 5.99. The lowest BCUT2D eigenvalue weighted by molar-refractivity contribution is -0.143. The average molecular weight is 470 g/mol. The Hall–Kier alpha value is -4.21. The predicted molar refractivity (Wildman–Crippen MR) is 118 cm³/mol. The van der Waals surface area contributed by atoms with Crippen LogP contribution < -0.4 is 10.5 Å². The van der Waals surface area contributed by atoms with Crippen LogP contribution in [0.1, 0.15) is 21.7 Å². The van der Waals surface area contributed by atoms with Gasteiger partial charge in [0.2, 0.25) is 5.78 Å². The lowest BCUT2D eigenvalue weighted by atomic mass is 10.1. The molecule has 0 saturated carbocycles. The largest absolute Gasteiger partial charge is 0.456 e. The summed E-state index contributed by atoms with van der Waals surface area (Å²) >= 11 is 0. The fourth-order valence-electron chi connectivity index (χ4n) is 3.78. The molecule has 10 heteroatoms. The number of ether oxygens (including phenoxy) is 2. The molecule has 0 bridgehead atoms. The van der Waals surface area contributed by atoms with Gasteiger partial charge < -0.3 is 18.5 Å². The summed E-state index contributed by atoms with van der Waals surface area (Å²) in [6.07, 6.45) is 0. The van der Waals surface area contributed by atoms with E-state index in [9.17, 15) is 23.2 Å². The SMILES string of the molecule is Cc1cc(C(=O)COC(=O)Cn2c(=O)oc3ccccc32)c(C)n1-c1ccc(OC(F)F)cc1. The van der Waals surface area contributed by atoms with E-state index in [2.05, 4.69) is 4.74 Å². The molecule has 2 heterocycles. The van der Waals surface area contributed by atoms with Gasteiger partial charge in [-0.25, -0.2) is 4.79 Å². The summed E-state index contributed by atoms with van der Waals surface area (Å²) in [4.78, 5) is 37.0. The van der Waals surface area contributed by atoms with Crippen molar-refractivity contribution in [1.82, 2.24) is 9.13 Å². The maximum atomic E-state index is 12.7. The van der Waals surface area contributed by atoms with E-state index < -0.39 is 37.3 Å². The number of hydrogen-bond donors (Lipinski definition) is 0. The summed E-state index contributed by atoms with van der Waals surface area (Å²) < 4.78 is 42.2. The number of rotatable bonds is 8. The monoisotopic (exact) mass is 470 g/mol. The lowest BCUT2D eigenvalue weighted by Crippen LogP contribution is -2.23. The third kappa shape index (κ3) is 4.61. The van der Waals surface area contributed by atoms with E-state index in [-0.39, 0.29) is 5.75 Å². The zero-order valence-corrected chi connectivity index (χ0v) is 18.3. The highest BCUT2D eigenvalue weighted by atomic mass is 19.3. The molecule has 4 aromatic rings. The van der Waals surface area contributed by atoms with E-state index in [4.69, 9.17) is 9.15 Å². The summed E-state index contributed by atoms with van der Waals surface area (Å²) in [7, 11) is 0. The number of Topliss-reactive ketones (excluding diaryl/α,β-unsaturated/α-hetero) is 1. The van der Waals surface area contributed by atoms with Crippen molar-refractivity contribution >= 4 is 22.9 Å². The number of hydrogen-bond acceptors (Lipinski definition) is 6. The Morgan fingerprint density at radius 3 is 2.47 bits per heavy atom. The molecule has 2 aromatic carbocycles. The molecule has 0 saturated heterocycles. The molecular weight excluding hydrogens is 450 g/mol. The Morgan fingerprint density at radius 2 is 1.76 bits per heavy atom. The third-order valence-corrected chi connectivity index (χ3v) is 5.28. The van der Waals surface area contributed by atoms with Crippen molar-refractivity contribution in [1.29, 1.82) is 0 Å². The van der Waals surface area contributed by atoms with Gasteiger partial charge in [0.1, 0.15) is 12.3 Å². The van der Waals surface area contributed by atoms with Crippen LogP contribution >= 0.6 is 0 Å². The van der Waals surface area contributed by atoms with Crippen molar-refractivity contribution in [2.45, 2.75) is 27.0 Å². The van der Waals surface area contributed by atoms with Crippen LogP contribution in [0.25, 0.3) is 16.8 Å². The van der Waals surface area contributed by atoms with Crippen molar-refractivity contribution in [3.8, 4) is 11.4 Å². The second-order valence-electron chi connectivity index (χ2n) is 7.50. The van der Waals surface area contributed by atoms with Crippen molar-refractivity contribution in [3.05, 3.63) is 82.1 Å². The smallest absolute Gasteiger partial charge is 0.420 e. The number of benzene rings is 2. The van der Waals surface area contributed by atoms with Crippen molar-refractivity contribution in [2.75, 3.05) is 6.61 Å². The molecule has 2 aromatic heterocycles. The Labute approximate surface area is 191 Å². The number of alkyl halides is 2. The number of para-hydroxylation sites is 2. The van der Waals surface area contributed by atoms with Crippen molar-refractivity contribution in [3.63, 3.8) is 0 Å². The molecule has 0 N–H and O–H groups in total. The third-order valence-electron chi connectivity index (χ3n) is 5.28. The molecule has 0 aliphatic rings. The molecule has 0 unspecified atom stereocenters. The maximum absolute atomic E-state index is 12.7. The zero-order chi connectivity index (χ0) is 24.4. The van der Waals surface area contributed by atoms with Crippen molar-refractivity contribution < 1.29 is 32.3 Å². The van der Waals surface area contributed by atoms with Gasteiger partial charge in [-0.3, -0.25) is 14.2 Å². The molecule has 8 nitrogen and oxygen atoms in total. The van der Waals surface area contributed by atoms with Gasteiger partial charge in [0.15, 0.2) is 12.2 Å². The van der Waals surface area contributed by atoms with Crippen LogP contribution in [0.15, 0.2) is 63.8 Å². The van der Waals surface area contributed by atoms with E-state index >= 15 is 0 Å². The second kappa shape index (κ2) is 9.34. The zero-order valence-electron chi connectivity index (χ0n) is 18.3. The van der Waals surface area contributed by atoms with E-state index in [1.165, 1.54) is 12.1 Å². The molecule has 0 aliphatic heterocycles. The number of nitrogens with zero attached hydrogens (tertiary/aromatic N) is 2. The lowest BCUT2D eigenvalue weighted by Gasteiger charge is -2.11. The van der Waals surface area contributed by atoms with Gasteiger partial charge in [-0.15, -0.1) is 0 Å². The molecule has 0 atom stereocenters. The minimum atomic E-state index is -2.92. The number of carbonyl (C=O) groups is 2. The molecule has 34 heavy (non-hydrogen) atoms. The number of halogens is 2. The Morgan fingerprint density at radius 1 is 1.06 bits per heavy atom. The number of fused-ring (bicyclic) bond motifs is 1. The fraction of sp³-hybridized carbons (Fsp3) is 0.208. The van der Waals surface area contributed by atoms with E-state index in [1.807, 2.05) is 0 Å². The van der Waals surface area contributed by atoms with Crippen LogP contribution in [0, 0.1) is 13.8 Å². The van der Waals surface area contributed by atoms with Crippen LogP contribution in [-0.2, 0) is 16.1 Å². The summed E-state index contributed by atoms with van der Waals surface area (Å²) in [6.45, 7) is -0.304. The van der Waals surface area contributed by atoms with Gasteiger partial charge in [0.25, 0.3) is 0 Å². The predicted octanol–water partition coefficient (Wildman–Crippen LogP) is 4.03. The number of aromatic nitrogens is 2. The standard InChI is InChI=1S/C24H20F2N2O6/c1-14-11-18(15(2)28(14)16-7-9-17(10-8-16)33-23(25)26)20(29)13-32-22(30)12-27-19-5-3-4-6-21(19)34-24(27)31/h3-11,23H,12-13H2,1-2H3. The topological polar surface area (TPSA) is 92.7 Å². The molecule has 176 valence electrons. The number of ketones is 1. The molecular formula is C24H20F2N2O6. The van der Waals surface area contributed by atoms with Gasteiger partial charge >= 0.3 is 18.3 Å². The van der Waals surface area contributed by atoms with Gasteiger partial charge in [0.05, 0.1) is 5.52 Å². The Bertz CT molecular complexity index is 1420. The van der Waals surface area contributed by atoms with Gasteiger partial charge in [-0.05, 0) is 56.3 Å². The van der Waals surface area contributed by atoms with E-state index in [0.717, 1.165) is 10.3 Å². The van der Waals surface area contributed by atoms with E-state index in [0.29, 0.717) is 28.0 Å². The highest BCUT2D eigenvalue weighted by Crippen LogP contribution is 2.24. The first kappa shape index (κ1) is 23.0. The minimum absolute atomic E-state index is 0.0222.